The predicted octanol–water partition coefficient (Wildman–Crippen LogP) is 1.79. The quantitative estimate of drug-likeness (QED) is 0.462. The maximum absolute atomic E-state index is 13.5. The number of aromatic nitrogens is 4. The Morgan fingerprint density at radius 3 is 2.77 bits per heavy atom. The van der Waals surface area contributed by atoms with Gasteiger partial charge in [0, 0.05) is 31.4 Å². The third-order valence-electron chi connectivity index (χ3n) is 5.64. The molecule has 0 saturated carbocycles. The molecule has 0 spiro atoms. The van der Waals surface area contributed by atoms with Gasteiger partial charge in [-0.05, 0) is 45.4 Å². The maximum Gasteiger partial charge on any atom is 0.263 e. The molecule has 4 rings (SSSR count). The van der Waals surface area contributed by atoms with Gasteiger partial charge in [-0.3, -0.25) is 19.1 Å². The molecule has 10 heteroatoms. The minimum absolute atomic E-state index is 0.0497. The highest BCUT2D eigenvalue weighted by Crippen LogP contribution is 2.20. The summed E-state index contributed by atoms with van der Waals surface area (Å²) >= 11 is 0. The SMILES string of the molecule is Cc1cccc(-c2nc3ncc(OCCCN4CCOCC4)cc3c(=O)n2CC(=O)NC(C)C)n1. The van der Waals surface area contributed by atoms with Gasteiger partial charge in [-0.25, -0.2) is 15.0 Å². The van der Waals surface area contributed by atoms with Gasteiger partial charge in [0.25, 0.3) is 5.56 Å². The number of aryl methyl sites for hydroxylation is 1. The lowest BCUT2D eigenvalue weighted by Gasteiger charge is -2.26. The first kappa shape index (κ1) is 24.7. The second-order valence-corrected chi connectivity index (χ2v) is 8.91. The lowest BCUT2D eigenvalue weighted by Crippen LogP contribution is -2.37. The molecule has 3 aromatic rings. The number of morpholine rings is 1. The van der Waals surface area contributed by atoms with Crippen LogP contribution < -0.4 is 15.6 Å². The molecular weight excluding hydrogens is 448 g/mol. The number of fused-ring (bicyclic) bond motifs is 1. The van der Waals surface area contributed by atoms with E-state index < -0.39 is 0 Å². The first-order valence-electron chi connectivity index (χ1n) is 12.0. The molecule has 1 fully saturated rings. The van der Waals surface area contributed by atoms with Crippen molar-refractivity contribution in [3.8, 4) is 17.3 Å². The number of hydrogen-bond donors (Lipinski definition) is 1. The molecule has 1 saturated heterocycles. The van der Waals surface area contributed by atoms with E-state index in [0.29, 0.717) is 29.3 Å². The summed E-state index contributed by atoms with van der Waals surface area (Å²) in [5, 5.41) is 3.13. The molecule has 1 N–H and O–H groups in total. The molecule has 1 amide bonds. The van der Waals surface area contributed by atoms with E-state index >= 15 is 0 Å². The molecule has 0 radical (unpaired) electrons. The highest BCUT2D eigenvalue weighted by molar-refractivity contribution is 5.80. The number of hydrogen-bond acceptors (Lipinski definition) is 8. The monoisotopic (exact) mass is 480 g/mol. The number of pyridine rings is 2. The number of rotatable bonds is 9. The summed E-state index contributed by atoms with van der Waals surface area (Å²) in [5.74, 6) is 0.524. The Hall–Kier alpha value is -3.37. The van der Waals surface area contributed by atoms with Gasteiger partial charge in [-0.1, -0.05) is 6.07 Å². The largest absolute Gasteiger partial charge is 0.492 e. The van der Waals surface area contributed by atoms with Crippen molar-refractivity contribution in [3.63, 3.8) is 0 Å². The Morgan fingerprint density at radius 2 is 2.03 bits per heavy atom. The Bertz CT molecular complexity index is 1240. The van der Waals surface area contributed by atoms with Crippen LogP contribution in [0.1, 0.15) is 26.0 Å². The fourth-order valence-corrected chi connectivity index (χ4v) is 3.99. The highest BCUT2D eigenvalue weighted by atomic mass is 16.5. The molecule has 0 unspecified atom stereocenters. The fraction of sp³-hybridized carbons (Fsp3) is 0.480. The highest BCUT2D eigenvalue weighted by Gasteiger charge is 2.18. The molecular formula is C25H32N6O4. The third-order valence-corrected chi connectivity index (χ3v) is 5.64. The molecule has 0 atom stereocenters. The number of ether oxygens (including phenoxy) is 2. The molecule has 3 aromatic heterocycles. The summed E-state index contributed by atoms with van der Waals surface area (Å²) in [4.78, 5) is 41.9. The van der Waals surface area contributed by atoms with Crippen molar-refractivity contribution in [1.82, 2.24) is 29.7 Å². The van der Waals surface area contributed by atoms with Crippen LogP contribution in [0.5, 0.6) is 5.75 Å². The molecule has 10 nitrogen and oxygen atoms in total. The lowest BCUT2D eigenvalue weighted by atomic mass is 10.2. The molecule has 0 aliphatic carbocycles. The van der Waals surface area contributed by atoms with Crippen molar-refractivity contribution >= 4 is 16.9 Å². The van der Waals surface area contributed by atoms with E-state index in [1.165, 1.54) is 4.57 Å². The topological polar surface area (TPSA) is 111 Å². The van der Waals surface area contributed by atoms with Crippen molar-refractivity contribution in [2.24, 2.45) is 0 Å². The molecule has 35 heavy (non-hydrogen) atoms. The number of nitrogens with zero attached hydrogens (tertiary/aromatic N) is 5. The van der Waals surface area contributed by atoms with E-state index in [0.717, 1.165) is 45.0 Å². The van der Waals surface area contributed by atoms with Gasteiger partial charge in [-0.2, -0.15) is 0 Å². The Balaban J connectivity index is 1.60. The Kier molecular flexibility index (Phi) is 8.04. The van der Waals surface area contributed by atoms with Crippen LogP contribution in [0.2, 0.25) is 0 Å². The van der Waals surface area contributed by atoms with Crippen molar-refractivity contribution < 1.29 is 14.3 Å². The van der Waals surface area contributed by atoms with Crippen molar-refractivity contribution in [2.45, 2.75) is 39.8 Å². The van der Waals surface area contributed by atoms with Crippen molar-refractivity contribution in [3.05, 3.63) is 46.5 Å². The van der Waals surface area contributed by atoms with E-state index in [9.17, 15) is 9.59 Å². The van der Waals surface area contributed by atoms with E-state index in [-0.39, 0.29) is 29.7 Å². The number of nitrogens with one attached hydrogen (secondary N) is 1. The second-order valence-electron chi connectivity index (χ2n) is 8.91. The molecule has 4 heterocycles. The van der Waals surface area contributed by atoms with E-state index in [4.69, 9.17) is 9.47 Å². The average molecular weight is 481 g/mol. The molecule has 1 aliphatic rings. The van der Waals surface area contributed by atoms with Gasteiger partial charge in [0.05, 0.1) is 31.4 Å². The Labute approximate surface area is 204 Å². The van der Waals surface area contributed by atoms with Crippen molar-refractivity contribution in [1.29, 1.82) is 0 Å². The van der Waals surface area contributed by atoms with Crippen LogP contribution in [0.25, 0.3) is 22.6 Å². The van der Waals surface area contributed by atoms with Crippen LogP contribution in [-0.2, 0) is 16.1 Å². The molecule has 0 aromatic carbocycles. The predicted molar refractivity (Wildman–Crippen MR) is 132 cm³/mol. The zero-order valence-corrected chi connectivity index (χ0v) is 20.5. The maximum atomic E-state index is 13.5. The van der Waals surface area contributed by atoms with Crippen LogP contribution in [0.3, 0.4) is 0 Å². The Morgan fingerprint density at radius 1 is 1.23 bits per heavy atom. The standard InChI is InChI=1S/C25H32N6O4/c1-17(2)27-22(32)16-31-24(21-7-4-6-18(3)28-21)29-23-20(25(31)33)14-19(15-26-23)35-11-5-8-30-9-12-34-13-10-30/h4,6-7,14-15,17H,5,8-13,16H2,1-3H3,(H,27,32). The van der Waals surface area contributed by atoms with Crippen LogP contribution in [0.15, 0.2) is 35.3 Å². The summed E-state index contributed by atoms with van der Waals surface area (Å²) in [7, 11) is 0. The summed E-state index contributed by atoms with van der Waals surface area (Å²) in [6, 6.07) is 7.07. The number of amides is 1. The first-order chi connectivity index (χ1) is 16.9. The van der Waals surface area contributed by atoms with E-state index in [1.54, 1.807) is 18.3 Å². The van der Waals surface area contributed by atoms with Crippen molar-refractivity contribution in [2.75, 3.05) is 39.5 Å². The average Bonchev–Trinajstić information content (AvgIpc) is 2.84. The lowest BCUT2D eigenvalue weighted by molar-refractivity contribution is -0.122. The van der Waals surface area contributed by atoms with Gasteiger partial charge >= 0.3 is 0 Å². The molecule has 0 bridgehead atoms. The smallest absolute Gasteiger partial charge is 0.263 e. The molecule has 186 valence electrons. The zero-order chi connectivity index (χ0) is 24.8. The summed E-state index contributed by atoms with van der Waals surface area (Å²) < 4.78 is 12.6. The van der Waals surface area contributed by atoms with Crippen LogP contribution >= 0.6 is 0 Å². The van der Waals surface area contributed by atoms with Gasteiger partial charge in [-0.15, -0.1) is 0 Å². The minimum atomic E-state index is -0.363. The zero-order valence-electron chi connectivity index (χ0n) is 20.5. The van der Waals surface area contributed by atoms with Gasteiger partial charge in [0.1, 0.15) is 18.0 Å². The first-order valence-corrected chi connectivity index (χ1v) is 12.0. The summed E-state index contributed by atoms with van der Waals surface area (Å²) in [6.45, 7) is 10.3. The van der Waals surface area contributed by atoms with Crippen LogP contribution in [0.4, 0.5) is 0 Å². The van der Waals surface area contributed by atoms with Crippen LogP contribution in [0, 0.1) is 6.92 Å². The van der Waals surface area contributed by atoms with E-state index in [2.05, 4.69) is 25.2 Å². The van der Waals surface area contributed by atoms with Gasteiger partial charge in [0.15, 0.2) is 11.5 Å². The normalized spacial score (nSPS) is 14.4. The third kappa shape index (κ3) is 6.40. The minimum Gasteiger partial charge on any atom is -0.492 e. The van der Waals surface area contributed by atoms with Crippen LogP contribution in [-0.4, -0.2) is 75.8 Å². The summed E-state index contributed by atoms with van der Waals surface area (Å²) in [5.41, 5.74) is 1.21. The second kappa shape index (κ2) is 11.4. The molecule has 1 aliphatic heterocycles. The van der Waals surface area contributed by atoms with Gasteiger partial charge in [0.2, 0.25) is 5.91 Å². The van der Waals surface area contributed by atoms with Gasteiger partial charge < -0.3 is 14.8 Å². The summed E-state index contributed by atoms with van der Waals surface area (Å²) in [6.07, 6.45) is 2.43. The number of carbonyl (C=O) groups excluding carboxylic acids is 1. The van der Waals surface area contributed by atoms with E-state index in [1.807, 2.05) is 32.9 Å². The fourth-order valence-electron chi connectivity index (χ4n) is 3.99. The number of carbonyl (C=O) groups is 1.